The maximum atomic E-state index is 14.0. The summed E-state index contributed by atoms with van der Waals surface area (Å²) < 4.78 is 46.1. The van der Waals surface area contributed by atoms with Crippen LogP contribution in [0.15, 0.2) is 53.4 Å². The Bertz CT molecular complexity index is 1020. The first kappa shape index (κ1) is 21.9. The average molecular weight is 447 g/mol. The monoisotopic (exact) mass is 446 g/mol. The summed E-state index contributed by atoms with van der Waals surface area (Å²) in [7, 11) is -3.52. The number of sulfonamides is 1. The quantitative estimate of drug-likeness (QED) is 0.625. The van der Waals surface area contributed by atoms with Crippen molar-refractivity contribution in [1.82, 2.24) is 9.21 Å². The van der Waals surface area contributed by atoms with E-state index < -0.39 is 10.0 Å². The van der Waals surface area contributed by atoms with E-state index in [1.54, 1.807) is 47.4 Å². The molecule has 2 aliphatic rings. The van der Waals surface area contributed by atoms with Gasteiger partial charge < -0.3 is 9.64 Å². The van der Waals surface area contributed by atoms with Gasteiger partial charge in [0.15, 0.2) is 0 Å². The van der Waals surface area contributed by atoms with Crippen LogP contribution >= 0.6 is 0 Å². The zero-order valence-electron chi connectivity index (χ0n) is 17.4. The molecule has 2 aromatic rings. The van der Waals surface area contributed by atoms with Crippen LogP contribution in [-0.2, 0) is 32.5 Å². The first-order valence-electron chi connectivity index (χ1n) is 10.6. The van der Waals surface area contributed by atoms with E-state index in [0.29, 0.717) is 44.7 Å². The molecule has 0 unspecified atom stereocenters. The molecule has 1 amide bonds. The van der Waals surface area contributed by atoms with Crippen molar-refractivity contribution in [3.63, 3.8) is 0 Å². The molecule has 0 radical (unpaired) electrons. The number of benzene rings is 2. The molecule has 0 N–H and O–H groups in total. The molecule has 0 bridgehead atoms. The number of amides is 1. The van der Waals surface area contributed by atoms with Crippen LogP contribution in [0, 0.1) is 5.82 Å². The van der Waals surface area contributed by atoms with E-state index in [4.69, 9.17) is 4.74 Å². The highest BCUT2D eigenvalue weighted by Crippen LogP contribution is 2.29. The number of rotatable bonds is 8. The Balaban J connectivity index is 1.37. The first-order chi connectivity index (χ1) is 14.9. The normalized spacial score (nSPS) is 17.5. The van der Waals surface area contributed by atoms with Crippen molar-refractivity contribution in [3.05, 3.63) is 65.5 Å². The van der Waals surface area contributed by atoms with Crippen LogP contribution < -0.4 is 0 Å². The maximum absolute atomic E-state index is 14.0. The van der Waals surface area contributed by atoms with E-state index in [0.717, 1.165) is 18.4 Å². The second-order valence-corrected chi connectivity index (χ2v) is 9.94. The number of hydrogen-bond donors (Lipinski definition) is 0. The third-order valence-electron chi connectivity index (χ3n) is 5.77. The van der Waals surface area contributed by atoms with Crippen LogP contribution in [0.4, 0.5) is 4.39 Å². The Morgan fingerprint density at radius 1 is 1.06 bits per heavy atom. The molecule has 1 saturated carbocycles. The van der Waals surface area contributed by atoms with E-state index in [2.05, 4.69) is 0 Å². The number of hydrogen-bond acceptors (Lipinski definition) is 4. The minimum absolute atomic E-state index is 0.00392. The van der Waals surface area contributed by atoms with Crippen LogP contribution in [0.1, 0.15) is 30.4 Å². The first-order valence-corrected chi connectivity index (χ1v) is 12.1. The number of nitrogens with zero attached hydrogens (tertiary/aromatic N) is 2. The average Bonchev–Trinajstić information content (AvgIpc) is 3.63. The lowest BCUT2D eigenvalue weighted by atomic mass is 10.1. The Morgan fingerprint density at radius 3 is 2.39 bits per heavy atom. The summed E-state index contributed by atoms with van der Waals surface area (Å²) in [5, 5.41) is 0. The summed E-state index contributed by atoms with van der Waals surface area (Å²) in [4.78, 5) is 14.9. The van der Waals surface area contributed by atoms with Gasteiger partial charge in [0.2, 0.25) is 15.9 Å². The Hall–Kier alpha value is -2.29. The zero-order valence-corrected chi connectivity index (χ0v) is 18.2. The van der Waals surface area contributed by atoms with Gasteiger partial charge >= 0.3 is 0 Å². The molecule has 0 spiro atoms. The van der Waals surface area contributed by atoms with Gasteiger partial charge in [-0.25, -0.2) is 12.8 Å². The van der Waals surface area contributed by atoms with Crippen molar-refractivity contribution in [2.45, 2.75) is 43.2 Å². The van der Waals surface area contributed by atoms with Crippen molar-refractivity contribution in [2.24, 2.45) is 0 Å². The molecule has 1 aliphatic carbocycles. The molecular formula is C23H27FN2O4S. The van der Waals surface area contributed by atoms with Crippen molar-refractivity contribution < 1.29 is 22.3 Å². The van der Waals surface area contributed by atoms with Gasteiger partial charge in [0, 0.05) is 37.7 Å². The van der Waals surface area contributed by atoms with Gasteiger partial charge in [0.25, 0.3) is 0 Å². The van der Waals surface area contributed by atoms with Crippen molar-refractivity contribution in [1.29, 1.82) is 0 Å². The molecule has 2 fully saturated rings. The number of morpholine rings is 1. The highest BCUT2D eigenvalue weighted by Gasteiger charge is 2.32. The lowest BCUT2D eigenvalue weighted by molar-refractivity contribution is -0.132. The van der Waals surface area contributed by atoms with Crippen molar-refractivity contribution in [3.8, 4) is 0 Å². The standard InChI is InChI=1S/C23H27FN2O4S/c24-22-4-2-1-3-19(22)17-26(20-8-9-20)23(27)12-7-18-5-10-21(11-6-18)31(28,29)25-13-15-30-16-14-25/h1-6,10-11,20H,7-9,12-17H2. The Morgan fingerprint density at radius 2 is 1.74 bits per heavy atom. The molecule has 31 heavy (non-hydrogen) atoms. The molecule has 1 saturated heterocycles. The van der Waals surface area contributed by atoms with Crippen molar-refractivity contribution in [2.75, 3.05) is 26.3 Å². The molecular weight excluding hydrogens is 419 g/mol. The second kappa shape index (κ2) is 9.46. The van der Waals surface area contributed by atoms with Gasteiger partial charge in [-0.15, -0.1) is 0 Å². The summed E-state index contributed by atoms with van der Waals surface area (Å²) >= 11 is 0. The molecule has 4 rings (SSSR count). The number of carbonyl (C=O) groups is 1. The third kappa shape index (κ3) is 5.31. The van der Waals surface area contributed by atoms with E-state index in [1.165, 1.54) is 10.4 Å². The van der Waals surface area contributed by atoms with E-state index in [9.17, 15) is 17.6 Å². The van der Waals surface area contributed by atoms with E-state index in [1.807, 2.05) is 0 Å². The predicted octanol–water partition coefficient (Wildman–Crippen LogP) is 2.97. The highest BCUT2D eigenvalue weighted by atomic mass is 32.2. The minimum atomic E-state index is -3.52. The van der Waals surface area contributed by atoms with Gasteiger partial charge in [0.1, 0.15) is 5.82 Å². The molecule has 8 heteroatoms. The lowest BCUT2D eigenvalue weighted by Gasteiger charge is -2.26. The fourth-order valence-electron chi connectivity index (χ4n) is 3.78. The number of halogens is 1. The SMILES string of the molecule is O=C(CCc1ccc(S(=O)(=O)N2CCOCC2)cc1)N(Cc1ccccc1F)C1CC1. The Labute approximate surface area is 182 Å². The van der Waals surface area contributed by atoms with Gasteiger partial charge in [-0.2, -0.15) is 4.31 Å². The van der Waals surface area contributed by atoms with Crippen LogP contribution in [0.5, 0.6) is 0 Å². The molecule has 1 heterocycles. The fourth-order valence-corrected chi connectivity index (χ4v) is 5.18. The smallest absolute Gasteiger partial charge is 0.243 e. The Kier molecular flexibility index (Phi) is 6.69. The molecule has 0 aromatic heterocycles. The number of carbonyl (C=O) groups excluding carboxylic acids is 1. The summed E-state index contributed by atoms with van der Waals surface area (Å²) in [5.74, 6) is -0.297. The van der Waals surface area contributed by atoms with Crippen LogP contribution in [0.25, 0.3) is 0 Å². The molecule has 0 atom stereocenters. The minimum Gasteiger partial charge on any atom is -0.379 e. The van der Waals surface area contributed by atoms with Gasteiger partial charge in [-0.05, 0) is 43.0 Å². The summed E-state index contributed by atoms with van der Waals surface area (Å²) in [6.45, 7) is 1.82. The van der Waals surface area contributed by atoms with Gasteiger partial charge in [-0.3, -0.25) is 4.79 Å². The molecule has 1 aliphatic heterocycles. The van der Waals surface area contributed by atoms with Crippen LogP contribution in [0.2, 0.25) is 0 Å². The fraction of sp³-hybridized carbons (Fsp3) is 0.435. The molecule has 166 valence electrons. The van der Waals surface area contributed by atoms with E-state index >= 15 is 0 Å². The maximum Gasteiger partial charge on any atom is 0.243 e. The zero-order chi connectivity index (χ0) is 21.8. The van der Waals surface area contributed by atoms with Gasteiger partial charge in [-0.1, -0.05) is 30.3 Å². The summed E-state index contributed by atoms with van der Waals surface area (Å²) in [6.07, 6.45) is 2.72. The topological polar surface area (TPSA) is 66.9 Å². The molecule has 2 aromatic carbocycles. The summed E-state index contributed by atoms with van der Waals surface area (Å²) in [5.41, 5.74) is 1.43. The predicted molar refractivity (Wildman–Crippen MR) is 114 cm³/mol. The van der Waals surface area contributed by atoms with Crippen LogP contribution in [-0.4, -0.2) is 55.9 Å². The van der Waals surface area contributed by atoms with Crippen molar-refractivity contribution >= 4 is 15.9 Å². The third-order valence-corrected chi connectivity index (χ3v) is 7.68. The lowest BCUT2D eigenvalue weighted by Crippen LogP contribution is -2.40. The van der Waals surface area contributed by atoms with Gasteiger partial charge in [0.05, 0.1) is 18.1 Å². The molecule has 6 nitrogen and oxygen atoms in total. The van der Waals surface area contributed by atoms with E-state index in [-0.39, 0.29) is 29.2 Å². The largest absolute Gasteiger partial charge is 0.379 e. The second-order valence-electron chi connectivity index (χ2n) is 8.00. The summed E-state index contributed by atoms with van der Waals surface area (Å²) in [6, 6.07) is 13.5. The highest BCUT2D eigenvalue weighted by molar-refractivity contribution is 7.89. The number of ether oxygens (including phenoxy) is 1. The number of aryl methyl sites for hydroxylation is 1. The van der Waals surface area contributed by atoms with Crippen LogP contribution in [0.3, 0.4) is 0 Å².